The molecular weight excluding hydrogens is 308 g/mol. The Hall–Kier alpha value is -1.17. The first-order valence-electron chi connectivity index (χ1n) is 7.80. The van der Waals surface area contributed by atoms with Gasteiger partial charge in [0.15, 0.2) is 0 Å². The van der Waals surface area contributed by atoms with E-state index in [2.05, 4.69) is 11.8 Å². The molecule has 2 aliphatic rings. The predicted octanol–water partition coefficient (Wildman–Crippen LogP) is 3.70. The van der Waals surface area contributed by atoms with Gasteiger partial charge < -0.3 is 4.90 Å². The molecule has 0 amide bonds. The lowest BCUT2D eigenvalue weighted by Crippen LogP contribution is -2.34. The quantitative estimate of drug-likeness (QED) is 0.848. The van der Waals surface area contributed by atoms with Crippen LogP contribution >= 0.6 is 0 Å². The van der Waals surface area contributed by atoms with Crippen molar-refractivity contribution in [3.8, 4) is 0 Å². The van der Waals surface area contributed by atoms with Crippen molar-refractivity contribution in [3.05, 3.63) is 24.3 Å². The number of halogens is 2. The molecule has 1 saturated carbocycles. The van der Waals surface area contributed by atoms with Gasteiger partial charge in [-0.1, -0.05) is 19.8 Å². The minimum Gasteiger partial charge on any atom is -0.368 e. The van der Waals surface area contributed by atoms with Gasteiger partial charge in [-0.15, -0.1) is 0 Å². The van der Waals surface area contributed by atoms with Crippen LogP contribution in [-0.4, -0.2) is 26.8 Å². The topological polar surface area (TPSA) is 37.4 Å². The summed E-state index contributed by atoms with van der Waals surface area (Å²) in [5.41, 5.74) is 0.939. The molecule has 1 aromatic carbocycles. The molecule has 1 aromatic rings. The summed E-state index contributed by atoms with van der Waals surface area (Å²) in [6.45, 7) is 3.22. The maximum absolute atomic E-state index is 12.6. The van der Waals surface area contributed by atoms with E-state index in [0.29, 0.717) is 17.9 Å². The molecule has 122 valence electrons. The summed E-state index contributed by atoms with van der Waals surface area (Å²) in [4.78, 5) is 2.02. The van der Waals surface area contributed by atoms with Gasteiger partial charge in [0.25, 0.3) is 0 Å². The van der Waals surface area contributed by atoms with E-state index in [9.17, 15) is 17.2 Å². The average Bonchev–Trinajstić information content (AvgIpc) is 2.85. The second-order valence-corrected chi connectivity index (χ2v) is 8.36. The minimum atomic E-state index is -4.50. The van der Waals surface area contributed by atoms with Gasteiger partial charge in [-0.2, -0.15) is 8.78 Å². The summed E-state index contributed by atoms with van der Waals surface area (Å²) >= 11 is 0. The third kappa shape index (κ3) is 2.62. The molecule has 1 heterocycles. The fourth-order valence-corrected chi connectivity index (χ4v) is 4.72. The van der Waals surface area contributed by atoms with Gasteiger partial charge in [-0.05, 0) is 48.9 Å². The number of fused-ring (bicyclic) bond motifs is 1. The number of sulfone groups is 1. The first kappa shape index (κ1) is 15.7. The molecule has 0 bridgehead atoms. The Morgan fingerprint density at radius 2 is 1.77 bits per heavy atom. The van der Waals surface area contributed by atoms with Gasteiger partial charge in [-0.3, -0.25) is 0 Å². The van der Waals surface area contributed by atoms with Crippen molar-refractivity contribution in [3.63, 3.8) is 0 Å². The number of rotatable bonds is 3. The zero-order valence-corrected chi connectivity index (χ0v) is 13.4. The predicted molar refractivity (Wildman–Crippen MR) is 81.9 cm³/mol. The Kier molecular flexibility index (Phi) is 4.14. The molecular formula is C16H21F2NO2S. The molecule has 3 atom stereocenters. The first-order chi connectivity index (χ1) is 10.4. The average molecular weight is 329 g/mol. The molecule has 1 saturated heterocycles. The number of hydrogen-bond acceptors (Lipinski definition) is 3. The Labute approximate surface area is 130 Å². The summed E-state index contributed by atoms with van der Waals surface area (Å²) in [7, 11) is -4.50. The third-order valence-corrected chi connectivity index (χ3v) is 6.53. The Balaban J connectivity index is 1.84. The molecule has 0 spiro atoms. The lowest BCUT2D eigenvalue weighted by molar-refractivity contribution is 0.234. The van der Waals surface area contributed by atoms with Crippen LogP contribution in [-0.2, 0) is 9.84 Å². The van der Waals surface area contributed by atoms with Crippen LogP contribution in [0.4, 0.5) is 14.5 Å². The van der Waals surface area contributed by atoms with E-state index in [0.717, 1.165) is 18.7 Å². The smallest absolute Gasteiger partial charge is 0.341 e. The van der Waals surface area contributed by atoms with Gasteiger partial charge in [-0.25, -0.2) is 8.42 Å². The van der Waals surface area contributed by atoms with E-state index in [4.69, 9.17) is 0 Å². The number of benzene rings is 1. The standard InChI is InChI=1S/C16H21F2NO2S/c1-11-10-19(15-5-3-2-4-14(11)15)12-6-8-13(9-7-12)22(20,21)16(17)18/h6-9,11,14-16H,2-5,10H2,1H3. The third-order valence-electron chi connectivity index (χ3n) is 5.13. The van der Waals surface area contributed by atoms with Crippen LogP contribution in [0.25, 0.3) is 0 Å². The fraction of sp³-hybridized carbons (Fsp3) is 0.625. The van der Waals surface area contributed by atoms with E-state index >= 15 is 0 Å². The molecule has 2 fully saturated rings. The van der Waals surface area contributed by atoms with Crippen LogP contribution in [0.3, 0.4) is 0 Å². The van der Waals surface area contributed by atoms with Crippen molar-refractivity contribution in [1.82, 2.24) is 0 Å². The van der Waals surface area contributed by atoms with Gasteiger partial charge in [0.2, 0.25) is 9.84 Å². The molecule has 6 heteroatoms. The number of anilines is 1. The lowest BCUT2D eigenvalue weighted by Gasteiger charge is -2.33. The highest BCUT2D eigenvalue weighted by atomic mass is 32.2. The highest BCUT2D eigenvalue weighted by molar-refractivity contribution is 7.91. The van der Waals surface area contributed by atoms with E-state index in [1.165, 1.54) is 31.4 Å². The van der Waals surface area contributed by atoms with Crippen LogP contribution in [0.5, 0.6) is 0 Å². The van der Waals surface area contributed by atoms with E-state index in [1.54, 1.807) is 12.1 Å². The van der Waals surface area contributed by atoms with Crippen molar-refractivity contribution >= 4 is 15.5 Å². The summed E-state index contributed by atoms with van der Waals surface area (Å²) in [6, 6.07) is 6.44. The zero-order valence-electron chi connectivity index (χ0n) is 12.6. The van der Waals surface area contributed by atoms with Gasteiger partial charge in [0, 0.05) is 18.3 Å². The molecule has 1 aliphatic heterocycles. The van der Waals surface area contributed by atoms with Gasteiger partial charge >= 0.3 is 5.76 Å². The summed E-state index contributed by atoms with van der Waals surface area (Å²) in [6.07, 6.45) is 4.92. The second kappa shape index (κ2) is 5.80. The monoisotopic (exact) mass is 329 g/mol. The van der Waals surface area contributed by atoms with Crippen molar-refractivity contribution in [2.45, 2.75) is 49.3 Å². The van der Waals surface area contributed by atoms with Crippen LogP contribution in [0, 0.1) is 11.8 Å². The number of hydrogen-bond donors (Lipinski definition) is 0. The van der Waals surface area contributed by atoms with E-state index < -0.39 is 15.6 Å². The van der Waals surface area contributed by atoms with E-state index in [1.807, 2.05) is 0 Å². The normalized spacial score (nSPS) is 28.9. The maximum atomic E-state index is 12.6. The molecule has 0 aromatic heterocycles. The Morgan fingerprint density at radius 1 is 1.14 bits per heavy atom. The van der Waals surface area contributed by atoms with Crippen LogP contribution < -0.4 is 4.90 Å². The summed E-state index contributed by atoms with van der Waals surface area (Å²) in [5.74, 6) is -2.05. The summed E-state index contributed by atoms with van der Waals surface area (Å²) < 4.78 is 48.1. The van der Waals surface area contributed by atoms with Crippen LogP contribution in [0.1, 0.15) is 32.6 Å². The van der Waals surface area contributed by atoms with Crippen molar-refractivity contribution in [1.29, 1.82) is 0 Å². The highest BCUT2D eigenvalue weighted by Gasteiger charge is 2.40. The lowest BCUT2D eigenvalue weighted by atomic mass is 9.80. The van der Waals surface area contributed by atoms with Crippen molar-refractivity contribution in [2.24, 2.45) is 11.8 Å². The van der Waals surface area contributed by atoms with Gasteiger partial charge in [0.05, 0.1) is 4.90 Å². The fourth-order valence-electron chi connectivity index (χ4n) is 4.00. The zero-order chi connectivity index (χ0) is 15.9. The van der Waals surface area contributed by atoms with Crippen LogP contribution in [0.15, 0.2) is 29.2 Å². The number of alkyl halides is 2. The SMILES string of the molecule is CC1CN(c2ccc(S(=O)(=O)C(F)F)cc2)C2CCCCC12. The van der Waals surface area contributed by atoms with Crippen molar-refractivity contribution in [2.75, 3.05) is 11.4 Å². The Bertz CT molecular complexity index is 630. The van der Waals surface area contributed by atoms with Gasteiger partial charge in [0.1, 0.15) is 0 Å². The molecule has 0 N–H and O–H groups in total. The molecule has 3 nitrogen and oxygen atoms in total. The molecule has 3 rings (SSSR count). The minimum absolute atomic E-state index is 0.307. The summed E-state index contributed by atoms with van der Waals surface area (Å²) in [5, 5.41) is 0. The van der Waals surface area contributed by atoms with E-state index in [-0.39, 0.29) is 4.90 Å². The molecule has 3 unspecified atom stereocenters. The van der Waals surface area contributed by atoms with Crippen LogP contribution in [0.2, 0.25) is 0 Å². The molecule has 22 heavy (non-hydrogen) atoms. The maximum Gasteiger partial charge on any atom is 0.341 e. The largest absolute Gasteiger partial charge is 0.368 e. The molecule has 0 radical (unpaired) electrons. The van der Waals surface area contributed by atoms with Crippen molar-refractivity contribution < 1.29 is 17.2 Å². The first-order valence-corrected chi connectivity index (χ1v) is 9.34. The molecule has 1 aliphatic carbocycles. The Morgan fingerprint density at radius 3 is 2.41 bits per heavy atom. The highest BCUT2D eigenvalue weighted by Crippen LogP contribution is 2.42. The second-order valence-electron chi connectivity index (χ2n) is 6.44. The number of nitrogens with zero attached hydrogens (tertiary/aromatic N) is 1.